The van der Waals surface area contributed by atoms with Gasteiger partial charge in [-0.2, -0.15) is 0 Å². The van der Waals surface area contributed by atoms with Crippen LogP contribution in [0.25, 0.3) is 0 Å². The number of ether oxygens (including phenoxy) is 1. The smallest absolute Gasteiger partial charge is 0.338 e. The van der Waals surface area contributed by atoms with Gasteiger partial charge in [0.1, 0.15) is 10.8 Å². The largest absolute Gasteiger partial charge is 0.497 e. The van der Waals surface area contributed by atoms with Crippen molar-refractivity contribution < 1.29 is 19.4 Å². The number of carbonyl (C=O) groups is 2. The average Bonchev–Trinajstić information content (AvgIpc) is 2.95. The summed E-state index contributed by atoms with van der Waals surface area (Å²) in [5, 5.41) is 14.5. The Morgan fingerprint density at radius 2 is 1.92 bits per heavy atom. The number of carbonyl (C=O) groups excluding carboxylic acids is 1. The standard InChI is InChI=1S/C19H23NO4S/c1-12(2)10-14-11-25-18(17(14)19(22)23)20-16(21)9-6-13-4-7-15(24-3)8-5-13/h4-5,7-8,11-12H,6,9-10H2,1-3H3,(H,20,21)(H,22,23). The molecule has 25 heavy (non-hydrogen) atoms. The van der Waals surface area contributed by atoms with E-state index in [4.69, 9.17) is 4.74 Å². The second-order valence-electron chi connectivity index (χ2n) is 6.26. The van der Waals surface area contributed by atoms with Crippen LogP contribution in [0.2, 0.25) is 0 Å². The van der Waals surface area contributed by atoms with Gasteiger partial charge in [-0.05, 0) is 47.4 Å². The van der Waals surface area contributed by atoms with Crippen LogP contribution in [0.4, 0.5) is 5.00 Å². The van der Waals surface area contributed by atoms with E-state index in [0.29, 0.717) is 30.2 Å². The molecular formula is C19H23NO4S. The quantitative estimate of drug-likeness (QED) is 0.738. The number of hydrogen-bond donors (Lipinski definition) is 2. The minimum absolute atomic E-state index is 0.184. The number of rotatable bonds is 8. The van der Waals surface area contributed by atoms with Crippen LogP contribution in [-0.4, -0.2) is 24.1 Å². The Bertz CT molecular complexity index is 734. The summed E-state index contributed by atoms with van der Waals surface area (Å²) < 4.78 is 5.11. The number of benzene rings is 1. The molecule has 0 atom stereocenters. The SMILES string of the molecule is COc1ccc(CCC(=O)Nc2scc(CC(C)C)c2C(=O)O)cc1. The first kappa shape index (κ1) is 19.0. The van der Waals surface area contributed by atoms with Crippen LogP contribution in [0.15, 0.2) is 29.6 Å². The van der Waals surface area contributed by atoms with Crippen molar-refractivity contribution in [3.63, 3.8) is 0 Å². The van der Waals surface area contributed by atoms with E-state index < -0.39 is 5.97 Å². The first-order valence-corrected chi connectivity index (χ1v) is 9.05. The summed E-state index contributed by atoms with van der Waals surface area (Å²) in [4.78, 5) is 23.7. The Kier molecular flexibility index (Phi) is 6.58. The first-order valence-electron chi connectivity index (χ1n) is 8.17. The van der Waals surface area contributed by atoms with Gasteiger partial charge >= 0.3 is 5.97 Å². The number of aromatic carboxylic acids is 1. The molecule has 0 bridgehead atoms. The molecule has 1 aromatic carbocycles. The highest BCUT2D eigenvalue weighted by atomic mass is 32.1. The van der Waals surface area contributed by atoms with Gasteiger partial charge < -0.3 is 15.2 Å². The van der Waals surface area contributed by atoms with Crippen molar-refractivity contribution in [1.29, 1.82) is 0 Å². The number of nitrogens with one attached hydrogen (secondary N) is 1. The molecule has 0 aliphatic carbocycles. The Hall–Kier alpha value is -2.34. The van der Waals surface area contributed by atoms with Crippen LogP contribution in [-0.2, 0) is 17.6 Å². The molecule has 0 saturated carbocycles. The zero-order valence-electron chi connectivity index (χ0n) is 14.7. The van der Waals surface area contributed by atoms with Crippen LogP contribution in [0.1, 0.15) is 41.8 Å². The van der Waals surface area contributed by atoms with Gasteiger partial charge in [0.15, 0.2) is 0 Å². The Labute approximate surface area is 151 Å². The minimum Gasteiger partial charge on any atom is -0.497 e. The van der Waals surface area contributed by atoms with E-state index in [0.717, 1.165) is 16.9 Å². The van der Waals surface area contributed by atoms with E-state index in [1.54, 1.807) is 7.11 Å². The van der Waals surface area contributed by atoms with Crippen LogP contribution < -0.4 is 10.1 Å². The van der Waals surface area contributed by atoms with Crippen molar-refractivity contribution in [2.75, 3.05) is 12.4 Å². The number of methoxy groups -OCH3 is 1. The van der Waals surface area contributed by atoms with Gasteiger partial charge in [-0.25, -0.2) is 4.79 Å². The third-order valence-corrected chi connectivity index (χ3v) is 4.71. The predicted octanol–water partition coefficient (Wildman–Crippen LogP) is 4.22. The van der Waals surface area contributed by atoms with Crippen molar-refractivity contribution in [2.24, 2.45) is 5.92 Å². The van der Waals surface area contributed by atoms with E-state index in [-0.39, 0.29) is 11.5 Å². The Morgan fingerprint density at radius 3 is 2.48 bits per heavy atom. The van der Waals surface area contributed by atoms with E-state index in [1.807, 2.05) is 43.5 Å². The molecule has 2 aromatic rings. The van der Waals surface area contributed by atoms with E-state index in [9.17, 15) is 14.7 Å². The summed E-state index contributed by atoms with van der Waals surface area (Å²) in [5.74, 6) is -0.0551. The van der Waals surface area contributed by atoms with Crippen molar-refractivity contribution in [3.8, 4) is 5.75 Å². The molecule has 0 radical (unpaired) electrons. The van der Waals surface area contributed by atoms with Crippen LogP contribution in [0.3, 0.4) is 0 Å². The first-order chi connectivity index (χ1) is 11.9. The predicted molar refractivity (Wildman–Crippen MR) is 99.8 cm³/mol. The number of carboxylic acids is 1. The van der Waals surface area contributed by atoms with E-state index in [2.05, 4.69) is 5.32 Å². The Balaban J connectivity index is 1.99. The number of hydrogen-bond acceptors (Lipinski definition) is 4. The third-order valence-electron chi connectivity index (χ3n) is 3.76. The number of anilines is 1. The second kappa shape index (κ2) is 8.67. The molecule has 6 heteroatoms. The zero-order valence-corrected chi connectivity index (χ0v) is 15.5. The lowest BCUT2D eigenvalue weighted by molar-refractivity contribution is -0.116. The normalized spacial score (nSPS) is 10.7. The topological polar surface area (TPSA) is 75.6 Å². The lowest BCUT2D eigenvalue weighted by Crippen LogP contribution is -2.14. The van der Waals surface area contributed by atoms with E-state index in [1.165, 1.54) is 11.3 Å². The van der Waals surface area contributed by atoms with Crippen molar-refractivity contribution in [3.05, 3.63) is 46.3 Å². The summed E-state index contributed by atoms with van der Waals surface area (Å²) in [6.07, 6.45) is 1.56. The fraction of sp³-hybridized carbons (Fsp3) is 0.368. The number of amides is 1. The molecular weight excluding hydrogens is 338 g/mol. The molecule has 0 aliphatic rings. The number of thiophene rings is 1. The molecule has 5 nitrogen and oxygen atoms in total. The lowest BCUT2D eigenvalue weighted by atomic mass is 10.0. The summed E-state index contributed by atoms with van der Waals surface area (Å²) in [5.41, 5.74) is 2.02. The van der Waals surface area contributed by atoms with Crippen LogP contribution >= 0.6 is 11.3 Å². The zero-order chi connectivity index (χ0) is 18.4. The summed E-state index contributed by atoms with van der Waals surface area (Å²) in [6.45, 7) is 4.08. The van der Waals surface area contributed by atoms with E-state index >= 15 is 0 Å². The van der Waals surface area contributed by atoms with Gasteiger partial charge in [-0.15, -0.1) is 11.3 Å². The maximum Gasteiger partial charge on any atom is 0.338 e. The monoisotopic (exact) mass is 361 g/mol. The molecule has 0 unspecified atom stereocenters. The number of aryl methyl sites for hydroxylation is 1. The fourth-order valence-corrected chi connectivity index (χ4v) is 3.53. The number of carboxylic acid groups (broad SMARTS) is 1. The minimum atomic E-state index is -0.998. The average molecular weight is 361 g/mol. The van der Waals surface area contributed by atoms with Gasteiger partial charge in [-0.1, -0.05) is 26.0 Å². The molecule has 0 saturated heterocycles. The molecule has 0 fully saturated rings. The highest BCUT2D eigenvalue weighted by Crippen LogP contribution is 2.30. The summed E-state index contributed by atoms with van der Waals surface area (Å²) in [6, 6.07) is 7.54. The molecule has 1 heterocycles. The highest BCUT2D eigenvalue weighted by molar-refractivity contribution is 7.15. The molecule has 0 aliphatic heterocycles. The Morgan fingerprint density at radius 1 is 1.24 bits per heavy atom. The van der Waals surface area contributed by atoms with Crippen LogP contribution in [0, 0.1) is 5.92 Å². The van der Waals surface area contributed by atoms with Crippen molar-refractivity contribution in [2.45, 2.75) is 33.1 Å². The lowest BCUT2D eigenvalue weighted by Gasteiger charge is -2.07. The van der Waals surface area contributed by atoms with Gasteiger partial charge in [0.05, 0.1) is 12.7 Å². The highest BCUT2D eigenvalue weighted by Gasteiger charge is 2.20. The fourth-order valence-electron chi connectivity index (χ4n) is 2.55. The van der Waals surface area contributed by atoms with Crippen molar-refractivity contribution >= 4 is 28.2 Å². The van der Waals surface area contributed by atoms with Gasteiger partial charge in [0.25, 0.3) is 0 Å². The molecule has 134 valence electrons. The molecule has 2 N–H and O–H groups in total. The maximum absolute atomic E-state index is 12.2. The van der Waals surface area contributed by atoms with Gasteiger partial charge in [0.2, 0.25) is 5.91 Å². The van der Waals surface area contributed by atoms with Gasteiger partial charge in [0, 0.05) is 6.42 Å². The summed E-state index contributed by atoms with van der Waals surface area (Å²) >= 11 is 1.27. The maximum atomic E-state index is 12.2. The van der Waals surface area contributed by atoms with Crippen LogP contribution in [0.5, 0.6) is 5.75 Å². The molecule has 1 amide bonds. The molecule has 0 spiro atoms. The van der Waals surface area contributed by atoms with Crippen molar-refractivity contribution in [1.82, 2.24) is 0 Å². The third kappa shape index (κ3) is 5.32. The summed E-state index contributed by atoms with van der Waals surface area (Å²) in [7, 11) is 1.61. The second-order valence-corrected chi connectivity index (χ2v) is 7.14. The molecule has 2 rings (SSSR count). The molecule has 1 aromatic heterocycles. The van der Waals surface area contributed by atoms with Gasteiger partial charge in [-0.3, -0.25) is 4.79 Å².